The molecule has 1 fully saturated rings. The van der Waals surface area contributed by atoms with Crippen molar-refractivity contribution in [3.05, 3.63) is 30.4 Å². The molecule has 17 heavy (non-hydrogen) atoms. The molecule has 4 nitrogen and oxygen atoms in total. The number of hydrogen-bond acceptors (Lipinski definition) is 3. The maximum absolute atomic E-state index is 5.58. The molecule has 4 heteroatoms. The number of anilines is 1. The van der Waals surface area contributed by atoms with E-state index in [1.165, 1.54) is 31.6 Å². The second-order valence-corrected chi connectivity index (χ2v) is 4.59. The van der Waals surface area contributed by atoms with Gasteiger partial charge in [-0.1, -0.05) is 0 Å². The topological polar surface area (TPSA) is 46.6 Å². The zero-order valence-corrected chi connectivity index (χ0v) is 9.97. The van der Waals surface area contributed by atoms with E-state index in [9.17, 15) is 0 Å². The van der Waals surface area contributed by atoms with Gasteiger partial charge in [0.05, 0.1) is 11.7 Å². The maximum Gasteiger partial charge on any atom is 0.114 e. The normalized spacial score (nSPS) is 15.9. The van der Waals surface area contributed by atoms with Crippen molar-refractivity contribution in [2.75, 3.05) is 24.5 Å². The van der Waals surface area contributed by atoms with Crippen LogP contribution in [0.1, 0.15) is 18.7 Å². The second kappa shape index (κ2) is 4.37. The largest absolute Gasteiger partial charge is 0.371 e. The first-order valence-corrected chi connectivity index (χ1v) is 6.29. The summed E-state index contributed by atoms with van der Waals surface area (Å²) < 4.78 is 2.13. The van der Waals surface area contributed by atoms with Gasteiger partial charge in [0, 0.05) is 31.4 Å². The third-order valence-electron chi connectivity index (χ3n) is 3.43. The number of imidazole rings is 1. The van der Waals surface area contributed by atoms with Crippen LogP contribution in [0.15, 0.2) is 24.5 Å². The summed E-state index contributed by atoms with van der Waals surface area (Å²) in [5.41, 5.74) is 8.06. The van der Waals surface area contributed by atoms with Gasteiger partial charge in [-0.3, -0.25) is 0 Å². The lowest BCUT2D eigenvalue weighted by molar-refractivity contribution is 0.861. The Morgan fingerprint density at radius 1 is 1.29 bits per heavy atom. The third-order valence-corrected chi connectivity index (χ3v) is 3.43. The van der Waals surface area contributed by atoms with Crippen molar-refractivity contribution in [2.45, 2.75) is 19.3 Å². The summed E-state index contributed by atoms with van der Waals surface area (Å²) in [7, 11) is 0. The highest BCUT2D eigenvalue weighted by Crippen LogP contribution is 2.22. The van der Waals surface area contributed by atoms with Gasteiger partial charge in [0.2, 0.25) is 0 Å². The Hall–Kier alpha value is -1.55. The third kappa shape index (κ3) is 1.89. The van der Waals surface area contributed by atoms with E-state index >= 15 is 0 Å². The molecule has 2 N–H and O–H groups in total. The smallest absolute Gasteiger partial charge is 0.114 e. The first-order valence-electron chi connectivity index (χ1n) is 6.29. The Kier molecular flexibility index (Phi) is 2.73. The molecule has 0 saturated carbocycles. The first kappa shape index (κ1) is 10.6. The lowest BCUT2D eigenvalue weighted by Crippen LogP contribution is -2.17. The molecule has 2 aromatic rings. The highest BCUT2D eigenvalue weighted by molar-refractivity contribution is 5.59. The Bertz CT molecular complexity index is 511. The molecule has 90 valence electrons. The number of rotatable bonds is 3. The van der Waals surface area contributed by atoms with Gasteiger partial charge in [-0.25, -0.2) is 4.98 Å². The molecular formula is C13H18N4. The average Bonchev–Trinajstić information content (AvgIpc) is 2.98. The molecule has 1 saturated heterocycles. The lowest BCUT2D eigenvalue weighted by Gasteiger charge is -2.17. The highest BCUT2D eigenvalue weighted by Gasteiger charge is 2.13. The van der Waals surface area contributed by atoms with Crippen LogP contribution in [-0.2, 0) is 6.42 Å². The van der Waals surface area contributed by atoms with Crippen molar-refractivity contribution in [3.63, 3.8) is 0 Å². The first-order chi connectivity index (χ1) is 8.38. The van der Waals surface area contributed by atoms with Gasteiger partial charge in [-0.15, -0.1) is 0 Å². The molecular weight excluding hydrogens is 212 g/mol. The summed E-state index contributed by atoms with van der Waals surface area (Å²) in [6.07, 6.45) is 7.49. The molecule has 3 heterocycles. The Morgan fingerprint density at radius 3 is 2.88 bits per heavy atom. The average molecular weight is 230 g/mol. The molecule has 0 unspecified atom stereocenters. The molecule has 1 aliphatic heterocycles. The number of hydrogen-bond donors (Lipinski definition) is 1. The van der Waals surface area contributed by atoms with Crippen molar-refractivity contribution < 1.29 is 0 Å². The van der Waals surface area contributed by atoms with Gasteiger partial charge in [-0.05, 0) is 31.5 Å². The van der Waals surface area contributed by atoms with Crippen molar-refractivity contribution >= 4 is 11.2 Å². The van der Waals surface area contributed by atoms with Crippen molar-refractivity contribution in [2.24, 2.45) is 5.73 Å². The Morgan fingerprint density at radius 2 is 2.12 bits per heavy atom. The van der Waals surface area contributed by atoms with E-state index in [0.717, 1.165) is 17.8 Å². The van der Waals surface area contributed by atoms with E-state index in [2.05, 4.69) is 32.6 Å². The van der Waals surface area contributed by atoms with Gasteiger partial charge in [-0.2, -0.15) is 0 Å². The summed E-state index contributed by atoms with van der Waals surface area (Å²) in [4.78, 5) is 6.86. The zero-order valence-electron chi connectivity index (χ0n) is 9.97. The van der Waals surface area contributed by atoms with Crippen LogP contribution in [0.2, 0.25) is 0 Å². The molecule has 0 aromatic carbocycles. The molecule has 0 spiro atoms. The molecule has 0 radical (unpaired) electrons. The van der Waals surface area contributed by atoms with Crippen molar-refractivity contribution in [3.8, 4) is 0 Å². The molecule has 3 rings (SSSR count). The lowest BCUT2D eigenvalue weighted by atomic mass is 10.3. The van der Waals surface area contributed by atoms with Crippen LogP contribution in [0.3, 0.4) is 0 Å². The number of aromatic nitrogens is 2. The number of nitrogens with two attached hydrogens (primary N) is 1. The summed E-state index contributed by atoms with van der Waals surface area (Å²) in [5, 5.41) is 0. The fourth-order valence-electron chi connectivity index (χ4n) is 2.53. The fraction of sp³-hybridized carbons (Fsp3) is 0.462. The predicted octanol–water partition coefficient (Wildman–Crippen LogP) is 1.44. The molecule has 1 aliphatic rings. The van der Waals surface area contributed by atoms with Gasteiger partial charge in [0.15, 0.2) is 0 Å². The number of nitrogens with zero attached hydrogens (tertiary/aromatic N) is 3. The van der Waals surface area contributed by atoms with Crippen LogP contribution in [0.25, 0.3) is 5.52 Å². The molecule has 0 aliphatic carbocycles. The van der Waals surface area contributed by atoms with Crippen LogP contribution < -0.4 is 10.6 Å². The van der Waals surface area contributed by atoms with E-state index in [-0.39, 0.29) is 0 Å². The van der Waals surface area contributed by atoms with E-state index in [1.807, 2.05) is 6.20 Å². The van der Waals surface area contributed by atoms with E-state index in [4.69, 9.17) is 5.73 Å². The van der Waals surface area contributed by atoms with Gasteiger partial charge in [0.25, 0.3) is 0 Å². The molecule has 2 aromatic heterocycles. The van der Waals surface area contributed by atoms with Crippen LogP contribution >= 0.6 is 0 Å². The maximum atomic E-state index is 5.58. The zero-order chi connectivity index (χ0) is 11.7. The summed E-state index contributed by atoms with van der Waals surface area (Å²) in [5.74, 6) is 1.05. The van der Waals surface area contributed by atoms with Gasteiger partial charge < -0.3 is 15.0 Å². The molecule has 0 bridgehead atoms. The predicted molar refractivity (Wildman–Crippen MR) is 69.4 cm³/mol. The summed E-state index contributed by atoms with van der Waals surface area (Å²) in [6, 6.07) is 4.40. The minimum absolute atomic E-state index is 0.646. The van der Waals surface area contributed by atoms with Gasteiger partial charge >= 0.3 is 0 Å². The SMILES string of the molecule is NCCc1ncc2cc(N3CCCC3)ccn12. The van der Waals surface area contributed by atoms with Crippen LogP contribution in [0.4, 0.5) is 5.69 Å². The van der Waals surface area contributed by atoms with E-state index in [0.29, 0.717) is 6.54 Å². The fourth-order valence-corrected chi connectivity index (χ4v) is 2.53. The van der Waals surface area contributed by atoms with Crippen molar-refractivity contribution in [1.29, 1.82) is 0 Å². The molecule has 0 amide bonds. The van der Waals surface area contributed by atoms with Crippen LogP contribution in [-0.4, -0.2) is 29.0 Å². The summed E-state index contributed by atoms with van der Waals surface area (Å²) in [6.45, 7) is 3.01. The van der Waals surface area contributed by atoms with E-state index in [1.54, 1.807) is 0 Å². The second-order valence-electron chi connectivity index (χ2n) is 4.59. The minimum atomic E-state index is 0.646. The highest BCUT2D eigenvalue weighted by atomic mass is 15.1. The standard InChI is InChI=1S/C13H18N4/c14-5-3-13-15-10-12-9-11(4-8-17(12)13)16-6-1-2-7-16/h4,8-10H,1-3,5-7,14H2. The number of pyridine rings is 1. The van der Waals surface area contributed by atoms with Crippen LogP contribution in [0, 0.1) is 0 Å². The number of fused-ring (bicyclic) bond motifs is 1. The van der Waals surface area contributed by atoms with Crippen molar-refractivity contribution in [1.82, 2.24) is 9.38 Å². The Balaban J connectivity index is 1.96. The summed E-state index contributed by atoms with van der Waals surface area (Å²) >= 11 is 0. The van der Waals surface area contributed by atoms with E-state index < -0.39 is 0 Å². The monoisotopic (exact) mass is 230 g/mol. The minimum Gasteiger partial charge on any atom is -0.371 e. The Labute approximate surface area is 101 Å². The molecule has 0 atom stereocenters. The quantitative estimate of drug-likeness (QED) is 0.867. The van der Waals surface area contributed by atoms with Crippen LogP contribution in [0.5, 0.6) is 0 Å². The van der Waals surface area contributed by atoms with Gasteiger partial charge in [0.1, 0.15) is 5.82 Å².